The van der Waals surface area contributed by atoms with E-state index >= 15 is 0 Å². The molecule has 0 bridgehead atoms. The van der Waals surface area contributed by atoms with Crippen LogP contribution in [0.4, 0.5) is 0 Å². The van der Waals surface area contributed by atoms with Crippen molar-refractivity contribution in [3.8, 4) is 5.82 Å². The van der Waals surface area contributed by atoms with Crippen molar-refractivity contribution in [1.82, 2.24) is 19.7 Å². The Bertz CT molecular complexity index is 839. The number of hydrogen-bond donors (Lipinski definition) is 0. The Morgan fingerprint density at radius 2 is 1.96 bits per heavy atom. The van der Waals surface area contributed by atoms with Gasteiger partial charge in [-0.1, -0.05) is 16.9 Å². The molecule has 0 saturated carbocycles. The lowest BCUT2D eigenvalue weighted by Gasteiger charge is -2.05. The van der Waals surface area contributed by atoms with E-state index in [1.54, 1.807) is 18.5 Å². The number of aryl methyl sites for hydroxylation is 2. The molecule has 0 aliphatic carbocycles. The summed E-state index contributed by atoms with van der Waals surface area (Å²) in [4.78, 5) is 20.7. The Morgan fingerprint density at radius 3 is 2.61 bits per heavy atom. The van der Waals surface area contributed by atoms with Crippen molar-refractivity contribution in [1.29, 1.82) is 0 Å². The number of Topliss-reactive ketones (excluding diaryl/α,β-unsaturated/α-hetero) is 1. The lowest BCUT2D eigenvalue weighted by molar-refractivity contribution is 0.102. The molecule has 0 fully saturated rings. The molecule has 3 rings (SSSR count). The molecule has 0 N–H and O–H groups in total. The summed E-state index contributed by atoms with van der Waals surface area (Å²) in [6, 6.07) is 5.48. The molecule has 6 nitrogen and oxygen atoms in total. The van der Waals surface area contributed by atoms with Crippen LogP contribution in [-0.4, -0.2) is 31.2 Å². The number of nitrogens with zero attached hydrogens (tertiary/aromatic N) is 4. The van der Waals surface area contributed by atoms with Gasteiger partial charge >= 0.3 is 0 Å². The van der Waals surface area contributed by atoms with Crippen LogP contribution >= 0.6 is 11.8 Å². The van der Waals surface area contributed by atoms with Gasteiger partial charge in [-0.05, 0) is 32.9 Å². The number of carbonyl (C=O) groups is 1. The second-order valence-corrected chi connectivity index (χ2v) is 6.10. The molecule has 0 spiro atoms. The summed E-state index contributed by atoms with van der Waals surface area (Å²) >= 11 is 1.33. The molecule has 0 saturated heterocycles. The quantitative estimate of drug-likeness (QED) is 0.407. The number of aromatic nitrogens is 4. The first-order chi connectivity index (χ1) is 11.1. The summed E-state index contributed by atoms with van der Waals surface area (Å²) in [5, 5.41) is 4.62. The molecular formula is C16H16N4O2S. The van der Waals surface area contributed by atoms with Crippen molar-refractivity contribution in [3.63, 3.8) is 0 Å². The normalized spacial score (nSPS) is 10.9. The first kappa shape index (κ1) is 15.5. The van der Waals surface area contributed by atoms with E-state index in [0.29, 0.717) is 22.3 Å². The van der Waals surface area contributed by atoms with Gasteiger partial charge in [0, 0.05) is 35.4 Å². The second kappa shape index (κ2) is 6.37. The molecule has 0 aliphatic rings. The molecular weight excluding hydrogens is 312 g/mol. The fourth-order valence-electron chi connectivity index (χ4n) is 2.42. The third-order valence-electron chi connectivity index (χ3n) is 3.45. The molecule has 23 heavy (non-hydrogen) atoms. The Morgan fingerprint density at radius 1 is 1.22 bits per heavy atom. The maximum atomic E-state index is 12.5. The van der Waals surface area contributed by atoms with Crippen LogP contribution in [0.1, 0.15) is 27.5 Å². The minimum Gasteiger partial charge on any atom is -0.360 e. The van der Waals surface area contributed by atoms with Crippen molar-refractivity contribution in [3.05, 3.63) is 53.3 Å². The number of hydrogen-bond acceptors (Lipinski definition) is 6. The standard InChI is InChI=1S/C16H16N4O2S/c1-10-7-13(12(3)20(10)15-8-11(2)22-19-15)14(21)9-23-16-17-5-4-6-18-16/h4-8H,9H2,1-3H3. The summed E-state index contributed by atoms with van der Waals surface area (Å²) in [7, 11) is 0. The summed E-state index contributed by atoms with van der Waals surface area (Å²) in [5.41, 5.74) is 2.49. The zero-order valence-corrected chi connectivity index (χ0v) is 13.9. The lowest BCUT2D eigenvalue weighted by Crippen LogP contribution is -2.06. The van der Waals surface area contributed by atoms with Gasteiger partial charge in [0.2, 0.25) is 0 Å². The van der Waals surface area contributed by atoms with Gasteiger partial charge in [0.05, 0.1) is 5.75 Å². The number of thioether (sulfide) groups is 1. The fraction of sp³-hybridized carbons (Fsp3) is 0.250. The maximum Gasteiger partial charge on any atom is 0.187 e. The van der Waals surface area contributed by atoms with E-state index in [-0.39, 0.29) is 5.78 Å². The minimum atomic E-state index is 0.0435. The third kappa shape index (κ3) is 3.19. The molecule has 0 aliphatic heterocycles. The Labute approximate surface area is 137 Å². The van der Waals surface area contributed by atoms with Crippen LogP contribution in [0.15, 0.2) is 40.3 Å². The van der Waals surface area contributed by atoms with Crippen molar-refractivity contribution in [2.75, 3.05) is 5.75 Å². The van der Waals surface area contributed by atoms with Gasteiger partial charge in [-0.2, -0.15) is 0 Å². The van der Waals surface area contributed by atoms with Crippen LogP contribution in [-0.2, 0) is 0 Å². The van der Waals surface area contributed by atoms with Crippen LogP contribution in [0.2, 0.25) is 0 Å². The molecule has 3 heterocycles. The highest BCUT2D eigenvalue weighted by Crippen LogP contribution is 2.23. The Hall–Kier alpha value is -2.41. The van der Waals surface area contributed by atoms with Crippen molar-refractivity contribution in [2.24, 2.45) is 0 Å². The van der Waals surface area contributed by atoms with E-state index in [9.17, 15) is 4.79 Å². The smallest absolute Gasteiger partial charge is 0.187 e. The van der Waals surface area contributed by atoms with Crippen molar-refractivity contribution >= 4 is 17.5 Å². The van der Waals surface area contributed by atoms with Crippen LogP contribution in [0.3, 0.4) is 0 Å². The van der Waals surface area contributed by atoms with E-state index in [1.807, 2.05) is 37.5 Å². The zero-order chi connectivity index (χ0) is 16.4. The fourth-order valence-corrected chi connectivity index (χ4v) is 3.11. The average molecular weight is 328 g/mol. The average Bonchev–Trinajstić information content (AvgIpc) is 3.09. The molecule has 3 aromatic heterocycles. The van der Waals surface area contributed by atoms with Gasteiger partial charge in [0.25, 0.3) is 0 Å². The van der Waals surface area contributed by atoms with E-state index < -0.39 is 0 Å². The highest BCUT2D eigenvalue weighted by Gasteiger charge is 2.18. The molecule has 0 aromatic carbocycles. The molecule has 3 aromatic rings. The predicted octanol–water partition coefficient (Wildman–Crippen LogP) is 3.16. The van der Waals surface area contributed by atoms with E-state index in [1.165, 1.54) is 11.8 Å². The first-order valence-electron chi connectivity index (χ1n) is 7.12. The Balaban J connectivity index is 1.82. The highest BCUT2D eigenvalue weighted by atomic mass is 32.2. The zero-order valence-electron chi connectivity index (χ0n) is 13.1. The topological polar surface area (TPSA) is 73.8 Å². The number of rotatable bonds is 5. The predicted molar refractivity (Wildman–Crippen MR) is 87.1 cm³/mol. The molecule has 0 atom stereocenters. The highest BCUT2D eigenvalue weighted by molar-refractivity contribution is 7.99. The second-order valence-electron chi connectivity index (χ2n) is 5.16. The summed E-state index contributed by atoms with van der Waals surface area (Å²) in [6.07, 6.45) is 3.33. The van der Waals surface area contributed by atoms with Crippen LogP contribution in [0, 0.1) is 20.8 Å². The number of carbonyl (C=O) groups excluding carboxylic acids is 1. The maximum absolute atomic E-state index is 12.5. The largest absolute Gasteiger partial charge is 0.360 e. The first-order valence-corrected chi connectivity index (χ1v) is 8.10. The molecule has 0 unspecified atom stereocenters. The molecule has 0 radical (unpaired) electrons. The van der Waals surface area contributed by atoms with Crippen LogP contribution < -0.4 is 0 Å². The van der Waals surface area contributed by atoms with E-state index in [0.717, 1.165) is 17.1 Å². The van der Waals surface area contributed by atoms with Gasteiger partial charge in [-0.3, -0.25) is 9.36 Å². The Kier molecular flexibility index (Phi) is 4.29. The van der Waals surface area contributed by atoms with Crippen molar-refractivity contribution in [2.45, 2.75) is 25.9 Å². The number of ketones is 1. The van der Waals surface area contributed by atoms with Gasteiger partial charge in [-0.25, -0.2) is 9.97 Å². The van der Waals surface area contributed by atoms with Gasteiger partial charge < -0.3 is 4.52 Å². The minimum absolute atomic E-state index is 0.0435. The summed E-state index contributed by atoms with van der Waals surface area (Å²) in [5.74, 6) is 1.77. The molecule has 0 amide bonds. The SMILES string of the molecule is Cc1cc(-n2c(C)cc(C(=O)CSc3ncccn3)c2C)no1. The van der Waals surface area contributed by atoms with Gasteiger partial charge in [0.1, 0.15) is 5.76 Å². The van der Waals surface area contributed by atoms with E-state index in [2.05, 4.69) is 15.1 Å². The van der Waals surface area contributed by atoms with Gasteiger partial charge in [0.15, 0.2) is 16.8 Å². The molecule has 7 heteroatoms. The summed E-state index contributed by atoms with van der Waals surface area (Å²) in [6.45, 7) is 5.70. The monoisotopic (exact) mass is 328 g/mol. The van der Waals surface area contributed by atoms with E-state index in [4.69, 9.17) is 4.52 Å². The lowest BCUT2D eigenvalue weighted by atomic mass is 10.2. The third-order valence-corrected chi connectivity index (χ3v) is 4.33. The van der Waals surface area contributed by atoms with Crippen molar-refractivity contribution < 1.29 is 9.32 Å². The molecule has 118 valence electrons. The van der Waals surface area contributed by atoms with Crippen LogP contribution in [0.25, 0.3) is 5.82 Å². The summed E-state index contributed by atoms with van der Waals surface area (Å²) < 4.78 is 7.05. The van der Waals surface area contributed by atoms with Gasteiger partial charge in [-0.15, -0.1) is 0 Å². The van der Waals surface area contributed by atoms with Crippen LogP contribution in [0.5, 0.6) is 0 Å².